The van der Waals surface area contributed by atoms with Crippen LogP contribution in [0.3, 0.4) is 0 Å². The Kier molecular flexibility index (Phi) is 5.92. The molecule has 3 aromatic rings. The van der Waals surface area contributed by atoms with Crippen molar-refractivity contribution in [2.45, 2.75) is 13.0 Å². The lowest BCUT2D eigenvalue weighted by atomic mass is 10.1. The highest BCUT2D eigenvalue weighted by atomic mass is 19.1. The van der Waals surface area contributed by atoms with Gasteiger partial charge in [-0.05, 0) is 31.3 Å². The first-order valence-electron chi connectivity index (χ1n) is 11.2. The van der Waals surface area contributed by atoms with Crippen LogP contribution in [-0.2, 0) is 13.0 Å². The Bertz CT molecular complexity index is 1150. The minimum atomic E-state index is -0.379. The van der Waals surface area contributed by atoms with Crippen LogP contribution in [0.5, 0.6) is 11.6 Å². The number of rotatable bonds is 4. The van der Waals surface area contributed by atoms with E-state index in [1.807, 2.05) is 30.3 Å². The van der Waals surface area contributed by atoms with Gasteiger partial charge in [0.15, 0.2) is 0 Å². The Morgan fingerprint density at radius 1 is 0.970 bits per heavy atom. The number of ether oxygens (including phenoxy) is 1. The molecule has 0 radical (unpaired) electrons. The zero-order chi connectivity index (χ0) is 22.8. The molecule has 0 unspecified atom stereocenters. The van der Waals surface area contributed by atoms with Crippen LogP contribution in [-0.4, -0.2) is 65.4 Å². The number of nitrogens with zero attached hydrogens (tertiary/aromatic N) is 5. The van der Waals surface area contributed by atoms with Crippen molar-refractivity contribution >= 4 is 11.9 Å². The predicted molar refractivity (Wildman–Crippen MR) is 123 cm³/mol. The second kappa shape index (κ2) is 9.15. The Balaban J connectivity index is 1.48. The number of carbonyl (C=O) groups excluding carboxylic acids is 1. The molecule has 0 atom stereocenters. The van der Waals surface area contributed by atoms with E-state index in [4.69, 9.17) is 14.7 Å². The van der Waals surface area contributed by atoms with Crippen molar-refractivity contribution in [1.29, 1.82) is 0 Å². The van der Waals surface area contributed by atoms with Gasteiger partial charge in [0.05, 0.1) is 17.8 Å². The van der Waals surface area contributed by atoms with Gasteiger partial charge in [0.2, 0.25) is 11.8 Å². The van der Waals surface area contributed by atoms with Gasteiger partial charge in [0.25, 0.3) is 5.91 Å². The summed E-state index contributed by atoms with van der Waals surface area (Å²) in [6, 6.07) is 15.2. The number of likely N-dealkylation sites (N-methyl/N-ethyl adjacent to an activating group) is 1. The fourth-order valence-corrected chi connectivity index (χ4v) is 4.18. The topological polar surface area (TPSA) is 61.8 Å². The lowest BCUT2D eigenvalue weighted by Gasteiger charge is -2.34. The number of aromatic nitrogens is 2. The van der Waals surface area contributed by atoms with E-state index in [0.29, 0.717) is 42.7 Å². The molecular weight excluding hydrogens is 421 g/mol. The first kappa shape index (κ1) is 21.3. The molecule has 33 heavy (non-hydrogen) atoms. The highest BCUT2D eigenvalue weighted by molar-refractivity contribution is 5.94. The summed E-state index contributed by atoms with van der Waals surface area (Å²) in [6.45, 7) is 4.43. The Morgan fingerprint density at radius 3 is 2.52 bits per heavy atom. The first-order chi connectivity index (χ1) is 16.1. The van der Waals surface area contributed by atoms with E-state index in [-0.39, 0.29) is 11.7 Å². The van der Waals surface area contributed by atoms with Crippen LogP contribution in [0.15, 0.2) is 54.6 Å². The minimum absolute atomic E-state index is 0.0406. The molecule has 3 heterocycles. The third-order valence-corrected chi connectivity index (χ3v) is 6.12. The van der Waals surface area contributed by atoms with Crippen LogP contribution in [0.1, 0.15) is 21.6 Å². The normalized spacial score (nSPS) is 16.4. The molecular formula is C25H26FN5O2. The Morgan fingerprint density at radius 2 is 1.76 bits per heavy atom. The van der Waals surface area contributed by atoms with Crippen LogP contribution in [0.2, 0.25) is 0 Å². The highest BCUT2D eigenvalue weighted by Gasteiger charge is 2.29. The van der Waals surface area contributed by atoms with Crippen LogP contribution in [0, 0.1) is 5.82 Å². The van der Waals surface area contributed by atoms with Crippen molar-refractivity contribution in [2.24, 2.45) is 0 Å². The average Bonchev–Trinajstić information content (AvgIpc) is 2.84. The molecule has 0 N–H and O–H groups in total. The number of fused-ring (bicyclic) bond motifs is 1. The number of piperazine rings is 1. The molecule has 2 aliphatic heterocycles. The molecule has 0 bridgehead atoms. The summed E-state index contributed by atoms with van der Waals surface area (Å²) in [6.07, 6.45) is 0.608. The largest absolute Gasteiger partial charge is 0.438 e. The molecule has 1 fully saturated rings. The van der Waals surface area contributed by atoms with Crippen molar-refractivity contribution in [1.82, 2.24) is 19.8 Å². The number of halogens is 1. The second-order valence-electron chi connectivity index (χ2n) is 8.45. The van der Waals surface area contributed by atoms with Crippen LogP contribution >= 0.6 is 0 Å². The molecule has 2 aromatic carbocycles. The van der Waals surface area contributed by atoms with Gasteiger partial charge in [-0.2, -0.15) is 4.98 Å². The monoisotopic (exact) mass is 447 g/mol. The molecule has 2 aliphatic rings. The third-order valence-electron chi connectivity index (χ3n) is 6.12. The number of hydrogen-bond acceptors (Lipinski definition) is 6. The lowest BCUT2D eigenvalue weighted by Crippen LogP contribution is -2.45. The van der Waals surface area contributed by atoms with E-state index in [1.165, 1.54) is 12.1 Å². The van der Waals surface area contributed by atoms with Gasteiger partial charge >= 0.3 is 0 Å². The zero-order valence-corrected chi connectivity index (χ0v) is 18.6. The summed E-state index contributed by atoms with van der Waals surface area (Å²) >= 11 is 0. The quantitative estimate of drug-likeness (QED) is 0.611. The van der Waals surface area contributed by atoms with Gasteiger partial charge < -0.3 is 19.4 Å². The lowest BCUT2D eigenvalue weighted by molar-refractivity contribution is 0.0732. The SMILES string of the molecule is CN1CCN(c2nc3c(c(Oc4cccc(F)c4)n2)CN(C(=O)c2ccccc2)CC3)CC1. The highest BCUT2D eigenvalue weighted by Crippen LogP contribution is 2.32. The summed E-state index contributed by atoms with van der Waals surface area (Å²) in [5.41, 5.74) is 2.29. The van der Waals surface area contributed by atoms with Crippen molar-refractivity contribution in [3.63, 3.8) is 0 Å². The van der Waals surface area contributed by atoms with E-state index >= 15 is 0 Å². The van der Waals surface area contributed by atoms with E-state index < -0.39 is 0 Å². The van der Waals surface area contributed by atoms with E-state index in [2.05, 4.69) is 16.8 Å². The van der Waals surface area contributed by atoms with Gasteiger partial charge in [-0.15, -0.1) is 0 Å². The van der Waals surface area contributed by atoms with Gasteiger partial charge in [-0.1, -0.05) is 24.3 Å². The molecule has 7 nitrogen and oxygen atoms in total. The first-order valence-corrected chi connectivity index (χ1v) is 11.2. The summed E-state index contributed by atoms with van der Waals surface area (Å²) in [5.74, 6) is 0.949. The fourth-order valence-electron chi connectivity index (χ4n) is 4.18. The van der Waals surface area contributed by atoms with Crippen molar-refractivity contribution in [3.8, 4) is 11.6 Å². The van der Waals surface area contributed by atoms with Gasteiger partial charge in [-0.25, -0.2) is 9.37 Å². The molecule has 1 saturated heterocycles. The third kappa shape index (κ3) is 4.66. The standard InChI is InChI=1S/C25H26FN5O2/c1-29-12-14-30(15-13-29)25-27-22-10-11-31(24(32)18-6-3-2-4-7-18)17-21(22)23(28-25)33-20-9-5-8-19(26)16-20/h2-9,16H,10-15,17H2,1H3. The number of benzene rings is 2. The molecule has 5 rings (SSSR count). The summed E-state index contributed by atoms with van der Waals surface area (Å²) < 4.78 is 19.9. The van der Waals surface area contributed by atoms with Crippen LogP contribution in [0.25, 0.3) is 0 Å². The smallest absolute Gasteiger partial charge is 0.254 e. The molecule has 170 valence electrons. The van der Waals surface area contributed by atoms with Crippen LogP contribution < -0.4 is 9.64 Å². The maximum Gasteiger partial charge on any atom is 0.254 e. The van der Waals surface area contributed by atoms with E-state index in [1.54, 1.807) is 17.0 Å². The number of hydrogen-bond donors (Lipinski definition) is 0. The predicted octanol–water partition coefficient (Wildman–Crippen LogP) is 3.36. The molecule has 0 spiro atoms. The van der Waals surface area contributed by atoms with Gasteiger partial charge in [0.1, 0.15) is 11.6 Å². The van der Waals surface area contributed by atoms with Gasteiger partial charge in [0, 0.05) is 50.8 Å². The van der Waals surface area contributed by atoms with Crippen molar-refractivity contribution in [3.05, 3.63) is 77.2 Å². The van der Waals surface area contributed by atoms with Crippen molar-refractivity contribution in [2.75, 3.05) is 44.7 Å². The average molecular weight is 448 g/mol. The maximum atomic E-state index is 13.8. The fraction of sp³-hybridized carbons (Fsp3) is 0.320. The number of carbonyl (C=O) groups is 1. The molecule has 8 heteroatoms. The molecule has 0 aliphatic carbocycles. The Hall–Kier alpha value is -3.52. The zero-order valence-electron chi connectivity index (χ0n) is 18.6. The number of amides is 1. The number of anilines is 1. The van der Waals surface area contributed by atoms with E-state index in [0.717, 1.165) is 37.4 Å². The van der Waals surface area contributed by atoms with E-state index in [9.17, 15) is 9.18 Å². The molecule has 0 saturated carbocycles. The minimum Gasteiger partial charge on any atom is -0.438 e. The Labute approximate surface area is 192 Å². The second-order valence-corrected chi connectivity index (χ2v) is 8.45. The molecule has 1 amide bonds. The summed E-state index contributed by atoms with van der Waals surface area (Å²) in [7, 11) is 2.10. The van der Waals surface area contributed by atoms with Crippen molar-refractivity contribution < 1.29 is 13.9 Å². The summed E-state index contributed by atoms with van der Waals surface area (Å²) in [4.78, 5) is 28.9. The molecule has 1 aromatic heterocycles. The van der Waals surface area contributed by atoms with Gasteiger partial charge in [-0.3, -0.25) is 4.79 Å². The van der Waals surface area contributed by atoms with Crippen LogP contribution in [0.4, 0.5) is 10.3 Å². The maximum absolute atomic E-state index is 13.8. The summed E-state index contributed by atoms with van der Waals surface area (Å²) in [5, 5.41) is 0.